The molecule has 0 fully saturated rings. The maximum absolute atomic E-state index is 10.5. The number of aliphatic carboxylic acids is 1. The van der Waals surface area contributed by atoms with E-state index in [9.17, 15) is 9.90 Å². The van der Waals surface area contributed by atoms with Gasteiger partial charge in [-0.15, -0.1) is 0 Å². The minimum Gasteiger partial charge on any atom is -0.478 e. The Hall–Kier alpha value is -1.61. The molecule has 1 rings (SSSR count). The first-order valence-corrected chi connectivity index (χ1v) is 5.24. The average Bonchev–Trinajstić information content (AvgIpc) is 2.29. The Kier molecular flexibility index (Phi) is 4.73. The van der Waals surface area contributed by atoms with Gasteiger partial charge in [0.2, 0.25) is 0 Å². The molecule has 0 saturated heterocycles. The van der Waals surface area contributed by atoms with Gasteiger partial charge in [-0.1, -0.05) is 36.4 Å². The van der Waals surface area contributed by atoms with E-state index in [4.69, 9.17) is 5.11 Å². The van der Waals surface area contributed by atoms with E-state index in [0.29, 0.717) is 18.4 Å². The van der Waals surface area contributed by atoms with Crippen LogP contribution in [0.15, 0.2) is 42.0 Å². The van der Waals surface area contributed by atoms with Gasteiger partial charge in [0.1, 0.15) is 0 Å². The van der Waals surface area contributed by atoms with Crippen LogP contribution in [0, 0.1) is 0 Å². The lowest BCUT2D eigenvalue weighted by molar-refractivity contribution is -0.132. The fourth-order valence-electron chi connectivity index (χ4n) is 1.39. The van der Waals surface area contributed by atoms with Crippen molar-refractivity contribution >= 4 is 5.97 Å². The predicted octanol–water partition coefficient (Wildman–Crippen LogP) is 2.53. The first-order chi connectivity index (χ1) is 7.61. The lowest BCUT2D eigenvalue weighted by Crippen LogP contribution is -1.98. The van der Waals surface area contributed by atoms with Crippen LogP contribution in [0.2, 0.25) is 0 Å². The SMILES string of the molecule is CC(=CCCC(O)c1ccccc1)C(=O)O. The van der Waals surface area contributed by atoms with Crippen molar-refractivity contribution in [1.82, 2.24) is 0 Å². The first kappa shape index (κ1) is 12.5. The van der Waals surface area contributed by atoms with E-state index in [1.807, 2.05) is 30.3 Å². The Bertz CT molecular complexity index is 368. The molecule has 0 aliphatic carbocycles. The second-order valence-corrected chi connectivity index (χ2v) is 3.70. The molecule has 0 aliphatic rings. The number of carboxylic acids is 1. The number of aliphatic hydroxyl groups is 1. The quantitative estimate of drug-likeness (QED) is 0.750. The number of hydrogen-bond donors (Lipinski definition) is 2. The summed E-state index contributed by atoms with van der Waals surface area (Å²) >= 11 is 0. The van der Waals surface area contributed by atoms with Crippen LogP contribution in [0.4, 0.5) is 0 Å². The van der Waals surface area contributed by atoms with Crippen LogP contribution < -0.4 is 0 Å². The molecule has 0 radical (unpaired) electrons. The molecule has 0 aliphatic heterocycles. The number of aliphatic hydroxyl groups excluding tert-OH is 1. The molecular weight excluding hydrogens is 204 g/mol. The van der Waals surface area contributed by atoms with Crippen LogP contribution in [0.5, 0.6) is 0 Å². The third kappa shape index (κ3) is 3.87. The number of benzene rings is 1. The second-order valence-electron chi connectivity index (χ2n) is 3.70. The standard InChI is InChI=1S/C13H16O3/c1-10(13(15)16)6-5-9-12(14)11-7-3-2-4-8-11/h2-4,6-8,12,14H,5,9H2,1H3,(H,15,16). The number of hydrogen-bond acceptors (Lipinski definition) is 2. The summed E-state index contributed by atoms with van der Waals surface area (Å²) in [5, 5.41) is 18.4. The molecule has 16 heavy (non-hydrogen) atoms. The molecule has 0 aromatic heterocycles. The highest BCUT2D eigenvalue weighted by Gasteiger charge is 2.06. The monoisotopic (exact) mass is 220 g/mol. The van der Waals surface area contributed by atoms with Gasteiger partial charge in [-0.2, -0.15) is 0 Å². The average molecular weight is 220 g/mol. The molecule has 2 N–H and O–H groups in total. The van der Waals surface area contributed by atoms with Crippen LogP contribution in [0.25, 0.3) is 0 Å². The van der Waals surface area contributed by atoms with E-state index in [1.54, 1.807) is 13.0 Å². The second kappa shape index (κ2) is 6.08. The van der Waals surface area contributed by atoms with Crippen molar-refractivity contribution in [1.29, 1.82) is 0 Å². The van der Waals surface area contributed by atoms with Gasteiger partial charge >= 0.3 is 5.97 Å². The third-order valence-corrected chi connectivity index (χ3v) is 2.41. The van der Waals surface area contributed by atoms with Gasteiger partial charge in [-0.25, -0.2) is 4.79 Å². The zero-order valence-electron chi connectivity index (χ0n) is 9.26. The molecule has 1 unspecified atom stereocenters. The van der Waals surface area contributed by atoms with E-state index in [1.165, 1.54) is 0 Å². The van der Waals surface area contributed by atoms with Crippen LogP contribution in [0.1, 0.15) is 31.4 Å². The number of carboxylic acid groups (broad SMARTS) is 1. The minimum absolute atomic E-state index is 0.320. The lowest BCUT2D eigenvalue weighted by Gasteiger charge is -2.08. The van der Waals surface area contributed by atoms with E-state index < -0.39 is 12.1 Å². The van der Waals surface area contributed by atoms with E-state index in [0.717, 1.165) is 5.56 Å². The van der Waals surface area contributed by atoms with Gasteiger partial charge < -0.3 is 10.2 Å². The van der Waals surface area contributed by atoms with Crippen LogP contribution in [0.3, 0.4) is 0 Å². The molecular formula is C13H16O3. The summed E-state index contributed by atoms with van der Waals surface area (Å²) in [4.78, 5) is 10.5. The molecule has 1 aromatic carbocycles. The van der Waals surface area contributed by atoms with Gasteiger partial charge in [-0.3, -0.25) is 0 Å². The smallest absolute Gasteiger partial charge is 0.330 e. The fourth-order valence-corrected chi connectivity index (χ4v) is 1.39. The van der Waals surface area contributed by atoms with Crippen molar-refractivity contribution in [3.05, 3.63) is 47.5 Å². The molecule has 86 valence electrons. The largest absolute Gasteiger partial charge is 0.478 e. The molecule has 1 aromatic rings. The summed E-state index contributed by atoms with van der Waals surface area (Å²) in [6.45, 7) is 1.55. The summed E-state index contributed by atoms with van der Waals surface area (Å²) in [6, 6.07) is 9.36. The van der Waals surface area contributed by atoms with Crippen LogP contribution in [-0.4, -0.2) is 16.2 Å². The maximum atomic E-state index is 10.5. The van der Waals surface area contributed by atoms with Gasteiger partial charge in [0.05, 0.1) is 6.10 Å². The Balaban J connectivity index is 2.45. The molecule has 0 amide bonds. The molecule has 0 saturated carbocycles. The summed E-state index contributed by atoms with van der Waals surface area (Å²) < 4.78 is 0. The van der Waals surface area contributed by atoms with Crippen molar-refractivity contribution in [2.45, 2.75) is 25.9 Å². The number of carbonyl (C=O) groups is 1. The van der Waals surface area contributed by atoms with Crippen molar-refractivity contribution in [3.63, 3.8) is 0 Å². The number of rotatable bonds is 5. The fraction of sp³-hybridized carbons (Fsp3) is 0.308. The molecule has 0 bridgehead atoms. The van der Waals surface area contributed by atoms with Crippen LogP contribution in [-0.2, 0) is 4.79 Å². The van der Waals surface area contributed by atoms with Gasteiger partial charge in [0.25, 0.3) is 0 Å². The first-order valence-electron chi connectivity index (χ1n) is 5.24. The summed E-state index contributed by atoms with van der Waals surface area (Å²) in [5.41, 5.74) is 1.18. The highest BCUT2D eigenvalue weighted by molar-refractivity contribution is 5.85. The highest BCUT2D eigenvalue weighted by Crippen LogP contribution is 2.18. The maximum Gasteiger partial charge on any atom is 0.330 e. The predicted molar refractivity (Wildman–Crippen MR) is 62.0 cm³/mol. The topological polar surface area (TPSA) is 57.5 Å². The Morgan fingerprint density at radius 2 is 2.00 bits per heavy atom. The van der Waals surface area contributed by atoms with Crippen LogP contribution >= 0.6 is 0 Å². The zero-order valence-corrected chi connectivity index (χ0v) is 9.26. The third-order valence-electron chi connectivity index (χ3n) is 2.41. The summed E-state index contributed by atoms with van der Waals surface area (Å²) in [5.74, 6) is -0.908. The van der Waals surface area contributed by atoms with Gasteiger partial charge in [-0.05, 0) is 25.3 Å². The van der Waals surface area contributed by atoms with E-state index in [2.05, 4.69) is 0 Å². The lowest BCUT2D eigenvalue weighted by atomic mass is 10.0. The number of allylic oxidation sites excluding steroid dienone is 1. The minimum atomic E-state index is -0.908. The van der Waals surface area contributed by atoms with E-state index >= 15 is 0 Å². The Labute approximate surface area is 95.0 Å². The van der Waals surface area contributed by atoms with Crippen molar-refractivity contribution in [2.75, 3.05) is 0 Å². The van der Waals surface area contributed by atoms with Crippen molar-refractivity contribution in [2.24, 2.45) is 0 Å². The molecule has 3 heteroatoms. The summed E-state index contributed by atoms with van der Waals surface area (Å²) in [7, 11) is 0. The van der Waals surface area contributed by atoms with Gasteiger partial charge in [0.15, 0.2) is 0 Å². The van der Waals surface area contributed by atoms with Gasteiger partial charge in [0, 0.05) is 5.57 Å². The highest BCUT2D eigenvalue weighted by atomic mass is 16.4. The summed E-state index contributed by atoms with van der Waals surface area (Å²) in [6.07, 6.45) is 2.20. The van der Waals surface area contributed by atoms with Crippen molar-refractivity contribution in [3.8, 4) is 0 Å². The zero-order chi connectivity index (χ0) is 12.0. The molecule has 0 spiro atoms. The Morgan fingerprint density at radius 3 is 2.56 bits per heavy atom. The normalized spacial score (nSPS) is 13.5. The van der Waals surface area contributed by atoms with E-state index in [-0.39, 0.29) is 0 Å². The van der Waals surface area contributed by atoms with Crippen molar-refractivity contribution < 1.29 is 15.0 Å². The Morgan fingerprint density at radius 1 is 1.38 bits per heavy atom. The molecule has 1 atom stereocenters. The molecule has 3 nitrogen and oxygen atoms in total. The molecule has 0 heterocycles.